The van der Waals surface area contributed by atoms with Crippen molar-refractivity contribution in [1.82, 2.24) is 31.1 Å². The third kappa shape index (κ3) is 15.3. The van der Waals surface area contributed by atoms with Gasteiger partial charge in [0.25, 0.3) is 0 Å². The van der Waals surface area contributed by atoms with Crippen LogP contribution in [-0.4, -0.2) is 87.6 Å². The first-order valence-electron chi connectivity index (χ1n) is 9.64. The van der Waals surface area contributed by atoms with E-state index in [0.29, 0.717) is 18.1 Å². The van der Waals surface area contributed by atoms with E-state index in [9.17, 15) is 0 Å². The second kappa shape index (κ2) is 15.0. The molecule has 0 saturated carbocycles. The molecule has 6 heteroatoms. The maximum absolute atomic E-state index is 3.55. The van der Waals surface area contributed by atoms with E-state index >= 15 is 0 Å². The van der Waals surface area contributed by atoms with Crippen molar-refractivity contribution in [3.63, 3.8) is 0 Å². The van der Waals surface area contributed by atoms with E-state index in [1.54, 1.807) is 0 Å². The molecule has 0 aliphatic rings. The summed E-state index contributed by atoms with van der Waals surface area (Å²) in [7, 11) is 2.02. The van der Waals surface area contributed by atoms with Crippen molar-refractivity contribution in [3.8, 4) is 0 Å². The molecule has 0 aliphatic carbocycles. The van der Waals surface area contributed by atoms with Gasteiger partial charge in [-0.1, -0.05) is 13.8 Å². The number of nitrogens with zero attached hydrogens (tertiary/aromatic N) is 2. The first kappa shape index (κ1) is 23.8. The summed E-state index contributed by atoms with van der Waals surface area (Å²) < 4.78 is 0. The smallest absolute Gasteiger partial charge is 0.0483 e. The summed E-state index contributed by atoms with van der Waals surface area (Å²) >= 11 is 0. The highest BCUT2D eigenvalue weighted by molar-refractivity contribution is 4.67. The van der Waals surface area contributed by atoms with Crippen LogP contribution in [-0.2, 0) is 0 Å². The molecule has 0 rings (SSSR count). The summed E-state index contributed by atoms with van der Waals surface area (Å²) in [5.74, 6) is 0. The fourth-order valence-electron chi connectivity index (χ4n) is 2.23. The third-order valence-corrected chi connectivity index (χ3v) is 3.84. The second-order valence-corrected chi connectivity index (χ2v) is 7.48. The van der Waals surface area contributed by atoms with Gasteiger partial charge in [0, 0.05) is 70.7 Å². The van der Waals surface area contributed by atoms with Gasteiger partial charge in [0.15, 0.2) is 0 Å². The lowest BCUT2D eigenvalue weighted by atomic mass is 10.3. The Labute approximate surface area is 151 Å². The Hall–Kier alpha value is -0.240. The fourth-order valence-corrected chi connectivity index (χ4v) is 2.23. The normalized spacial score (nSPS) is 12.5. The molecule has 0 aromatic heterocycles. The molecule has 4 N–H and O–H groups in total. The minimum Gasteiger partial charge on any atom is -0.318 e. The van der Waals surface area contributed by atoms with Crippen molar-refractivity contribution >= 4 is 0 Å². The molecule has 0 amide bonds. The summed E-state index contributed by atoms with van der Waals surface area (Å²) in [5, 5.41) is 13.9. The molecule has 0 unspecified atom stereocenters. The van der Waals surface area contributed by atoms with Gasteiger partial charge in [-0.15, -0.1) is 0 Å². The zero-order chi connectivity index (χ0) is 18.4. The van der Waals surface area contributed by atoms with E-state index in [4.69, 9.17) is 0 Å². The minimum atomic E-state index is 0.522. The quantitative estimate of drug-likeness (QED) is 0.310. The zero-order valence-corrected chi connectivity index (χ0v) is 17.3. The molecule has 6 nitrogen and oxygen atoms in total. The van der Waals surface area contributed by atoms with Gasteiger partial charge in [0.05, 0.1) is 0 Å². The van der Waals surface area contributed by atoms with Crippen molar-refractivity contribution in [1.29, 1.82) is 0 Å². The van der Waals surface area contributed by atoms with Gasteiger partial charge >= 0.3 is 0 Å². The molecule has 0 aliphatic heterocycles. The number of likely N-dealkylation sites (N-methyl/N-ethyl adjacent to an activating group) is 1. The molecule has 0 spiro atoms. The lowest BCUT2D eigenvalue weighted by Crippen LogP contribution is -2.47. The summed E-state index contributed by atoms with van der Waals surface area (Å²) in [4.78, 5) is 5.01. The van der Waals surface area contributed by atoms with E-state index in [1.165, 1.54) is 0 Å². The molecule has 0 fully saturated rings. The van der Waals surface area contributed by atoms with Crippen molar-refractivity contribution in [2.45, 2.75) is 59.7 Å². The molecule has 146 valence electrons. The molecule has 0 bridgehead atoms. The van der Waals surface area contributed by atoms with Gasteiger partial charge in [-0.05, 0) is 34.7 Å². The van der Waals surface area contributed by atoms with Gasteiger partial charge in [-0.2, -0.15) is 0 Å². The van der Waals surface area contributed by atoms with Crippen LogP contribution in [0.15, 0.2) is 0 Å². The van der Waals surface area contributed by atoms with Crippen molar-refractivity contribution < 1.29 is 0 Å². The monoisotopic (exact) mass is 344 g/mol. The molecule has 0 heterocycles. The Balaban J connectivity index is 4.34. The van der Waals surface area contributed by atoms with Gasteiger partial charge in [0.2, 0.25) is 0 Å². The summed E-state index contributed by atoms with van der Waals surface area (Å²) in [6, 6.07) is 1.59. The Morgan fingerprint density at radius 1 is 0.583 bits per heavy atom. The van der Waals surface area contributed by atoms with Crippen LogP contribution in [0, 0.1) is 0 Å². The first-order valence-corrected chi connectivity index (χ1v) is 9.64. The van der Waals surface area contributed by atoms with E-state index in [2.05, 4.69) is 72.6 Å². The van der Waals surface area contributed by atoms with Crippen molar-refractivity contribution in [3.05, 3.63) is 0 Å². The number of nitrogens with one attached hydrogen (secondary N) is 4. The van der Waals surface area contributed by atoms with E-state index in [1.807, 2.05) is 7.05 Å². The molecule has 24 heavy (non-hydrogen) atoms. The Bertz CT molecular complexity index is 270. The SMILES string of the molecule is CNCCN(CCN(CCNC(C)C)CNC(C)C)CNC(C)C. The molecule has 0 radical (unpaired) electrons. The van der Waals surface area contributed by atoms with Crippen LogP contribution in [0.25, 0.3) is 0 Å². The highest BCUT2D eigenvalue weighted by Crippen LogP contribution is 1.93. The van der Waals surface area contributed by atoms with Crippen LogP contribution in [0.1, 0.15) is 41.5 Å². The standard InChI is InChI=1S/C18H44N6/c1-16(2)20-9-11-24(15-22-18(5)6)13-12-23(10-8-19-7)14-21-17(3)4/h16-22H,8-15H2,1-7H3. The maximum atomic E-state index is 3.55. The minimum absolute atomic E-state index is 0.522. The summed E-state index contributed by atoms with van der Waals surface area (Å²) in [5.41, 5.74) is 0. The summed E-state index contributed by atoms with van der Waals surface area (Å²) in [6.45, 7) is 21.5. The Morgan fingerprint density at radius 3 is 1.38 bits per heavy atom. The number of hydrogen-bond acceptors (Lipinski definition) is 6. The largest absolute Gasteiger partial charge is 0.318 e. The van der Waals surface area contributed by atoms with Crippen LogP contribution in [0.4, 0.5) is 0 Å². The Kier molecular flexibility index (Phi) is 14.9. The lowest BCUT2D eigenvalue weighted by molar-refractivity contribution is 0.180. The molecule has 0 aromatic rings. The van der Waals surface area contributed by atoms with Crippen LogP contribution < -0.4 is 21.3 Å². The van der Waals surface area contributed by atoms with Crippen LogP contribution in [0.3, 0.4) is 0 Å². The van der Waals surface area contributed by atoms with Crippen LogP contribution in [0.2, 0.25) is 0 Å². The van der Waals surface area contributed by atoms with Gasteiger partial charge in [0.1, 0.15) is 0 Å². The molecule has 0 aromatic carbocycles. The third-order valence-electron chi connectivity index (χ3n) is 3.84. The second-order valence-electron chi connectivity index (χ2n) is 7.48. The number of hydrogen-bond donors (Lipinski definition) is 4. The van der Waals surface area contributed by atoms with E-state index in [-0.39, 0.29) is 0 Å². The number of rotatable bonds is 16. The average Bonchev–Trinajstić information content (AvgIpc) is 2.50. The van der Waals surface area contributed by atoms with Crippen molar-refractivity contribution in [2.75, 3.05) is 59.7 Å². The van der Waals surface area contributed by atoms with E-state index in [0.717, 1.165) is 52.6 Å². The highest BCUT2D eigenvalue weighted by atomic mass is 15.3. The van der Waals surface area contributed by atoms with Crippen LogP contribution >= 0.6 is 0 Å². The first-order chi connectivity index (χ1) is 11.3. The molecule has 0 saturated heterocycles. The van der Waals surface area contributed by atoms with Gasteiger partial charge < -0.3 is 21.3 Å². The Morgan fingerprint density at radius 2 is 1.00 bits per heavy atom. The molecular formula is C18H44N6. The molecule has 0 atom stereocenters. The zero-order valence-electron chi connectivity index (χ0n) is 17.3. The summed E-state index contributed by atoms with van der Waals surface area (Å²) in [6.07, 6.45) is 0. The predicted octanol–water partition coefficient (Wildman–Crippen LogP) is 0.719. The highest BCUT2D eigenvalue weighted by Gasteiger charge is 2.10. The lowest BCUT2D eigenvalue weighted by Gasteiger charge is -2.29. The fraction of sp³-hybridized carbons (Fsp3) is 1.00. The maximum Gasteiger partial charge on any atom is 0.0483 e. The topological polar surface area (TPSA) is 54.6 Å². The van der Waals surface area contributed by atoms with Gasteiger partial charge in [-0.3, -0.25) is 9.80 Å². The van der Waals surface area contributed by atoms with Crippen molar-refractivity contribution in [2.24, 2.45) is 0 Å². The van der Waals surface area contributed by atoms with E-state index < -0.39 is 0 Å². The molecular weight excluding hydrogens is 300 g/mol. The van der Waals surface area contributed by atoms with Crippen LogP contribution in [0.5, 0.6) is 0 Å². The average molecular weight is 345 g/mol. The van der Waals surface area contributed by atoms with Gasteiger partial charge in [-0.25, -0.2) is 0 Å². The predicted molar refractivity (Wildman–Crippen MR) is 106 cm³/mol.